The maximum atomic E-state index is 13.6. The first-order valence-corrected chi connectivity index (χ1v) is 10.7. The van der Waals surface area contributed by atoms with Crippen LogP contribution in [0.5, 0.6) is 0 Å². The van der Waals surface area contributed by atoms with Gasteiger partial charge in [0.05, 0.1) is 5.38 Å². The average Bonchev–Trinajstić information content (AvgIpc) is 2.68. The van der Waals surface area contributed by atoms with Crippen molar-refractivity contribution in [1.82, 2.24) is 31.9 Å². The highest BCUT2D eigenvalue weighted by Crippen LogP contribution is 2.26. The molecule has 7 unspecified atom stereocenters. The Morgan fingerprint density at radius 2 is 1.83 bits per heavy atom. The molecule has 2 aliphatic heterocycles. The molecule has 1 aliphatic carbocycles. The second kappa shape index (κ2) is 10.9. The first-order chi connectivity index (χ1) is 13.8. The largest absolute Gasteiger partial charge is 0.411 e. The molecule has 2 heterocycles. The summed E-state index contributed by atoms with van der Waals surface area (Å²) in [5.41, 5.74) is 0. The van der Waals surface area contributed by atoms with Gasteiger partial charge in [0.15, 0.2) is 6.35 Å². The van der Waals surface area contributed by atoms with Crippen LogP contribution in [0.2, 0.25) is 0 Å². The van der Waals surface area contributed by atoms with Gasteiger partial charge >= 0.3 is 6.18 Å². The van der Waals surface area contributed by atoms with Gasteiger partial charge in [-0.1, -0.05) is 6.42 Å². The Hall–Kier alpha value is -0.270. The standard InChI is InChI=1S/C17H31ClF4N6O/c18-12-7-10(4-5-13(12)19)25-15-26-14(24-8-11-3-1-2-6-23-11)27-16(28-15)29-9-17(20,21)22/h10-16,23-28H,1-9H2. The van der Waals surface area contributed by atoms with Crippen LogP contribution in [-0.2, 0) is 4.74 Å². The molecule has 0 aromatic heterocycles. The molecule has 7 atom stereocenters. The van der Waals surface area contributed by atoms with E-state index in [-0.39, 0.29) is 6.04 Å². The highest BCUT2D eigenvalue weighted by Gasteiger charge is 2.35. The summed E-state index contributed by atoms with van der Waals surface area (Å²) in [6.45, 7) is 0.274. The molecule has 7 nitrogen and oxygen atoms in total. The van der Waals surface area contributed by atoms with Crippen LogP contribution in [-0.4, -0.2) is 68.4 Å². The number of hydrogen-bond donors (Lipinski definition) is 6. The van der Waals surface area contributed by atoms with E-state index >= 15 is 0 Å². The zero-order valence-corrected chi connectivity index (χ0v) is 17.0. The summed E-state index contributed by atoms with van der Waals surface area (Å²) in [7, 11) is 0. The van der Waals surface area contributed by atoms with Crippen LogP contribution in [0.1, 0.15) is 38.5 Å². The van der Waals surface area contributed by atoms with Gasteiger partial charge in [-0.15, -0.1) is 11.6 Å². The van der Waals surface area contributed by atoms with Crippen molar-refractivity contribution in [3.05, 3.63) is 0 Å². The molecule has 0 radical (unpaired) electrons. The number of rotatable bonds is 7. The highest BCUT2D eigenvalue weighted by atomic mass is 35.5. The molecule has 0 spiro atoms. The van der Waals surface area contributed by atoms with Gasteiger partial charge in [0.25, 0.3) is 0 Å². The van der Waals surface area contributed by atoms with Gasteiger partial charge in [0.2, 0.25) is 0 Å². The van der Waals surface area contributed by atoms with E-state index in [1.54, 1.807) is 0 Å². The van der Waals surface area contributed by atoms with E-state index in [0.29, 0.717) is 31.8 Å². The lowest BCUT2D eigenvalue weighted by Crippen LogP contribution is -2.76. The molecule has 3 fully saturated rings. The minimum absolute atomic E-state index is 0.0449. The van der Waals surface area contributed by atoms with E-state index in [1.807, 2.05) is 0 Å². The molecule has 170 valence electrons. The first kappa shape index (κ1) is 23.4. The number of ether oxygens (including phenoxy) is 1. The van der Waals surface area contributed by atoms with Crippen LogP contribution in [0.15, 0.2) is 0 Å². The Morgan fingerprint density at radius 3 is 2.52 bits per heavy atom. The molecule has 0 aromatic rings. The zero-order valence-electron chi connectivity index (χ0n) is 16.2. The number of alkyl halides is 5. The molecule has 0 bridgehead atoms. The molecule has 2 saturated heterocycles. The van der Waals surface area contributed by atoms with Gasteiger partial charge < -0.3 is 10.1 Å². The number of halogens is 5. The Kier molecular flexibility index (Phi) is 8.75. The third kappa shape index (κ3) is 8.06. The predicted octanol–water partition coefficient (Wildman–Crippen LogP) is 1.02. The lowest BCUT2D eigenvalue weighted by atomic mass is 9.93. The summed E-state index contributed by atoms with van der Waals surface area (Å²) in [6, 6.07) is 0.275. The molecule has 1 saturated carbocycles. The number of nitrogens with one attached hydrogen (secondary N) is 6. The molecule has 6 N–H and O–H groups in total. The van der Waals surface area contributed by atoms with Crippen molar-refractivity contribution < 1.29 is 22.3 Å². The number of piperidine rings is 1. The predicted molar refractivity (Wildman–Crippen MR) is 102 cm³/mol. The summed E-state index contributed by atoms with van der Waals surface area (Å²) in [5.74, 6) is 0. The quantitative estimate of drug-likeness (QED) is 0.257. The first-order valence-electron chi connectivity index (χ1n) is 10.3. The molecular weight excluding hydrogens is 416 g/mol. The van der Waals surface area contributed by atoms with Crippen LogP contribution in [0.3, 0.4) is 0 Å². The average molecular weight is 447 g/mol. The van der Waals surface area contributed by atoms with Crippen molar-refractivity contribution in [2.24, 2.45) is 0 Å². The van der Waals surface area contributed by atoms with Crippen molar-refractivity contribution in [2.75, 3.05) is 19.7 Å². The van der Waals surface area contributed by atoms with Gasteiger partial charge in [-0.3, -0.25) is 26.6 Å². The van der Waals surface area contributed by atoms with E-state index in [9.17, 15) is 17.6 Å². The smallest absolute Gasteiger partial charge is 0.340 e. The van der Waals surface area contributed by atoms with Gasteiger partial charge in [-0.2, -0.15) is 13.2 Å². The minimum Gasteiger partial charge on any atom is -0.340 e. The molecular formula is C17H31ClF4N6O. The number of hydrogen-bond acceptors (Lipinski definition) is 7. The maximum absolute atomic E-state index is 13.6. The lowest BCUT2D eigenvalue weighted by Gasteiger charge is -2.42. The zero-order chi connectivity index (χ0) is 20.9. The van der Waals surface area contributed by atoms with Crippen molar-refractivity contribution in [3.8, 4) is 0 Å². The summed E-state index contributed by atoms with van der Waals surface area (Å²) in [5, 5.41) is 18.5. The molecule has 29 heavy (non-hydrogen) atoms. The van der Waals surface area contributed by atoms with Crippen LogP contribution >= 0.6 is 11.6 Å². The molecule has 12 heteroatoms. The topological polar surface area (TPSA) is 81.4 Å². The van der Waals surface area contributed by atoms with Crippen LogP contribution in [0.25, 0.3) is 0 Å². The Labute approximate surface area is 173 Å². The molecule has 3 rings (SSSR count). The third-order valence-electron chi connectivity index (χ3n) is 5.46. The van der Waals surface area contributed by atoms with Crippen LogP contribution in [0, 0.1) is 0 Å². The SMILES string of the molecule is FC1CCC(NC2NC(NCC3CCCCN3)NC(OCC(F)(F)F)N2)CC1Cl. The van der Waals surface area contributed by atoms with Crippen molar-refractivity contribution in [2.45, 2.75) is 87.3 Å². The van der Waals surface area contributed by atoms with Crippen LogP contribution in [0.4, 0.5) is 17.6 Å². The molecule has 3 aliphatic rings. The van der Waals surface area contributed by atoms with E-state index in [2.05, 4.69) is 31.9 Å². The van der Waals surface area contributed by atoms with Gasteiger partial charge in [0.1, 0.15) is 25.4 Å². The second-order valence-corrected chi connectivity index (χ2v) is 8.50. The molecule has 0 amide bonds. The van der Waals surface area contributed by atoms with E-state index in [1.165, 1.54) is 0 Å². The Balaban J connectivity index is 1.52. The second-order valence-electron chi connectivity index (χ2n) is 7.94. The summed E-state index contributed by atoms with van der Waals surface area (Å²) < 4.78 is 56.2. The van der Waals surface area contributed by atoms with Gasteiger partial charge in [-0.25, -0.2) is 4.39 Å². The highest BCUT2D eigenvalue weighted by molar-refractivity contribution is 6.21. The summed E-state index contributed by atoms with van der Waals surface area (Å²) in [4.78, 5) is 0. The van der Waals surface area contributed by atoms with E-state index < -0.39 is 43.3 Å². The summed E-state index contributed by atoms with van der Waals surface area (Å²) >= 11 is 6.04. The van der Waals surface area contributed by atoms with Crippen LogP contribution < -0.4 is 31.9 Å². The normalized spacial score (nSPS) is 39.4. The van der Waals surface area contributed by atoms with E-state index in [0.717, 1.165) is 25.8 Å². The lowest BCUT2D eigenvalue weighted by molar-refractivity contribution is -0.199. The van der Waals surface area contributed by atoms with Gasteiger partial charge in [0, 0.05) is 18.6 Å². The maximum Gasteiger partial charge on any atom is 0.411 e. The van der Waals surface area contributed by atoms with Crippen molar-refractivity contribution >= 4 is 11.6 Å². The molecule has 0 aromatic carbocycles. The van der Waals surface area contributed by atoms with Crippen molar-refractivity contribution in [3.63, 3.8) is 0 Å². The fraction of sp³-hybridized carbons (Fsp3) is 1.00. The third-order valence-corrected chi connectivity index (χ3v) is 5.91. The summed E-state index contributed by atoms with van der Waals surface area (Å²) in [6.07, 6.45) is -2.64. The Morgan fingerprint density at radius 1 is 1.03 bits per heavy atom. The van der Waals surface area contributed by atoms with E-state index in [4.69, 9.17) is 16.3 Å². The minimum atomic E-state index is -4.42. The fourth-order valence-electron chi connectivity index (χ4n) is 3.93. The Bertz CT molecular complexity index is 499. The van der Waals surface area contributed by atoms with Crippen molar-refractivity contribution in [1.29, 1.82) is 0 Å². The van der Waals surface area contributed by atoms with Gasteiger partial charge in [-0.05, 0) is 38.6 Å². The monoisotopic (exact) mass is 446 g/mol. The fourth-order valence-corrected chi connectivity index (χ4v) is 4.27.